The topological polar surface area (TPSA) is 64.3 Å². The van der Waals surface area contributed by atoms with Crippen molar-refractivity contribution in [3.8, 4) is 0 Å². The fourth-order valence-electron chi connectivity index (χ4n) is 2.37. The standard InChI is InChI=1S/C12H22N2O2S/c1-3-9-5-7-12(8-6-9,10(13)17)14-11(15)16-4-2/h9H,3-8H2,1-2H3,(H2,13,17)(H,14,15). The number of hydrogen-bond acceptors (Lipinski definition) is 3. The van der Waals surface area contributed by atoms with Gasteiger partial charge >= 0.3 is 6.09 Å². The predicted molar refractivity (Wildman–Crippen MR) is 71.9 cm³/mol. The molecule has 0 spiro atoms. The van der Waals surface area contributed by atoms with Crippen LogP contribution in [0.15, 0.2) is 0 Å². The molecule has 1 aliphatic carbocycles. The molecule has 0 radical (unpaired) electrons. The summed E-state index contributed by atoms with van der Waals surface area (Å²) in [6.07, 6.45) is 4.50. The maximum Gasteiger partial charge on any atom is 0.407 e. The lowest BCUT2D eigenvalue weighted by atomic mass is 9.75. The van der Waals surface area contributed by atoms with Gasteiger partial charge in [-0.25, -0.2) is 4.79 Å². The van der Waals surface area contributed by atoms with E-state index in [1.807, 2.05) is 0 Å². The monoisotopic (exact) mass is 258 g/mol. The van der Waals surface area contributed by atoms with Crippen molar-refractivity contribution in [2.75, 3.05) is 6.61 Å². The fourth-order valence-corrected chi connectivity index (χ4v) is 2.63. The van der Waals surface area contributed by atoms with Crippen LogP contribution in [0.5, 0.6) is 0 Å². The van der Waals surface area contributed by atoms with Crippen LogP contribution in [-0.4, -0.2) is 23.2 Å². The summed E-state index contributed by atoms with van der Waals surface area (Å²) in [6, 6.07) is 0. The molecule has 1 rings (SSSR count). The largest absolute Gasteiger partial charge is 0.450 e. The third-order valence-corrected chi connectivity index (χ3v) is 4.02. The summed E-state index contributed by atoms with van der Waals surface area (Å²) in [6.45, 7) is 4.33. The highest BCUT2D eigenvalue weighted by molar-refractivity contribution is 7.80. The molecule has 1 fully saturated rings. The molecule has 5 heteroatoms. The van der Waals surface area contributed by atoms with E-state index in [1.54, 1.807) is 6.92 Å². The highest BCUT2D eigenvalue weighted by atomic mass is 32.1. The minimum absolute atomic E-state index is 0.358. The molecule has 4 nitrogen and oxygen atoms in total. The Labute approximate surface area is 108 Å². The van der Waals surface area contributed by atoms with Crippen LogP contribution in [0.4, 0.5) is 4.79 Å². The number of ether oxygens (including phenoxy) is 1. The van der Waals surface area contributed by atoms with Crippen molar-refractivity contribution in [2.45, 2.75) is 51.5 Å². The van der Waals surface area contributed by atoms with Gasteiger partial charge in [-0.05, 0) is 38.5 Å². The fraction of sp³-hybridized carbons (Fsp3) is 0.833. The number of nitrogens with two attached hydrogens (primary N) is 1. The molecule has 0 saturated heterocycles. The zero-order valence-electron chi connectivity index (χ0n) is 10.6. The first-order chi connectivity index (χ1) is 8.04. The van der Waals surface area contributed by atoms with E-state index in [0.29, 0.717) is 11.6 Å². The summed E-state index contributed by atoms with van der Waals surface area (Å²) < 4.78 is 4.91. The van der Waals surface area contributed by atoms with Gasteiger partial charge in [0, 0.05) is 0 Å². The van der Waals surface area contributed by atoms with Gasteiger partial charge in [-0.3, -0.25) is 0 Å². The highest BCUT2D eigenvalue weighted by Gasteiger charge is 2.39. The molecule has 1 amide bonds. The van der Waals surface area contributed by atoms with E-state index in [0.717, 1.165) is 31.6 Å². The first-order valence-corrected chi connectivity index (χ1v) is 6.69. The van der Waals surface area contributed by atoms with Gasteiger partial charge in [0.05, 0.1) is 17.1 Å². The molecule has 0 unspecified atom stereocenters. The summed E-state index contributed by atoms with van der Waals surface area (Å²) in [4.78, 5) is 11.9. The molecular formula is C12H22N2O2S. The Balaban J connectivity index is 2.65. The molecule has 0 bridgehead atoms. The Kier molecular flexibility index (Phi) is 5.18. The van der Waals surface area contributed by atoms with Gasteiger partial charge in [0.2, 0.25) is 0 Å². The Bertz CT molecular complexity index is 286. The summed E-state index contributed by atoms with van der Waals surface area (Å²) >= 11 is 5.11. The first-order valence-electron chi connectivity index (χ1n) is 6.29. The summed E-state index contributed by atoms with van der Waals surface area (Å²) in [7, 11) is 0. The molecule has 0 atom stereocenters. The zero-order valence-corrected chi connectivity index (χ0v) is 11.4. The molecule has 0 aromatic heterocycles. The van der Waals surface area contributed by atoms with E-state index >= 15 is 0 Å². The van der Waals surface area contributed by atoms with Crippen LogP contribution in [-0.2, 0) is 4.74 Å². The van der Waals surface area contributed by atoms with Crippen LogP contribution in [0.1, 0.15) is 46.0 Å². The molecule has 1 aliphatic rings. The lowest BCUT2D eigenvalue weighted by Crippen LogP contribution is -2.58. The molecular weight excluding hydrogens is 236 g/mol. The van der Waals surface area contributed by atoms with E-state index in [9.17, 15) is 4.79 Å². The normalized spacial score (nSPS) is 28.5. The van der Waals surface area contributed by atoms with Gasteiger partial charge in [-0.15, -0.1) is 0 Å². The van der Waals surface area contributed by atoms with Crippen molar-refractivity contribution in [3.63, 3.8) is 0 Å². The zero-order chi connectivity index (χ0) is 12.9. The number of carbonyl (C=O) groups excluding carboxylic acids is 1. The number of hydrogen-bond donors (Lipinski definition) is 2. The summed E-state index contributed by atoms with van der Waals surface area (Å²) in [5.41, 5.74) is 5.26. The summed E-state index contributed by atoms with van der Waals surface area (Å²) in [5.74, 6) is 0.724. The van der Waals surface area contributed by atoms with E-state index in [2.05, 4.69) is 12.2 Å². The van der Waals surface area contributed by atoms with E-state index in [4.69, 9.17) is 22.7 Å². The lowest BCUT2D eigenvalue weighted by Gasteiger charge is -2.39. The van der Waals surface area contributed by atoms with Crippen molar-refractivity contribution >= 4 is 23.3 Å². The van der Waals surface area contributed by atoms with Gasteiger partial charge in [0.25, 0.3) is 0 Å². The third kappa shape index (κ3) is 3.56. The van der Waals surface area contributed by atoms with Gasteiger partial charge in [0.1, 0.15) is 0 Å². The molecule has 0 aromatic carbocycles. The second-order valence-electron chi connectivity index (χ2n) is 4.64. The Morgan fingerprint density at radius 1 is 1.47 bits per heavy atom. The van der Waals surface area contributed by atoms with Crippen molar-refractivity contribution < 1.29 is 9.53 Å². The molecule has 0 aliphatic heterocycles. The third-order valence-electron chi connectivity index (χ3n) is 3.62. The minimum atomic E-state index is -0.534. The SMILES string of the molecule is CCOC(=O)NC1(C(N)=S)CCC(CC)CC1. The number of alkyl carbamates (subject to hydrolysis) is 1. The highest BCUT2D eigenvalue weighted by Crippen LogP contribution is 2.34. The average molecular weight is 258 g/mol. The van der Waals surface area contributed by atoms with Crippen molar-refractivity contribution in [1.29, 1.82) is 0 Å². The van der Waals surface area contributed by atoms with Crippen LogP contribution >= 0.6 is 12.2 Å². The molecule has 3 N–H and O–H groups in total. The minimum Gasteiger partial charge on any atom is -0.450 e. The number of rotatable bonds is 4. The van der Waals surface area contributed by atoms with Crippen molar-refractivity contribution in [1.82, 2.24) is 5.32 Å². The Morgan fingerprint density at radius 2 is 2.06 bits per heavy atom. The number of carbonyl (C=O) groups is 1. The lowest BCUT2D eigenvalue weighted by molar-refractivity contribution is 0.136. The molecule has 1 saturated carbocycles. The molecule has 98 valence electrons. The van der Waals surface area contributed by atoms with Gasteiger partial charge in [-0.2, -0.15) is 0 Å². The van der Waals surface area contributed by atoms with Crippen LogP contribution in [0, 0.1) is 5.92 Å². The second-order valence-corrected chi connectivity index (χ2v) is 5.08. The van der Waals surface area contributed by atoms with E-state index in [1.165, 1.54) is 6.42 Å². The molecule has 0 heterocycles. The number of amides is 1. The Hall–Kier alpha value is -0.840. The molecule has 0 aromatic rings. The van der Waals surface area contributed by atoms with Crippen molar-refractivity contribution in [3.05, 3.63) is 0 Å². The van der Waals surface area contributed by atoms with Crippen LogP contribution in [0.3, 0.4) is 0 Å². The molecule has 17 heavy (non-hydrogen) atoms. The maximum absolute atomic E-state index is 11.5. The van der Waals surface area contributed by atoms with Crippen LogP contribution in [0.2, 0.25) is 0 Å². The van der Waals surface area contributed by atoms with Gasteiger partial charge < -0.3 is 15.8 Å². The van der Waals surface area contributed by atoms with Gasteiger partial charge in [-0.1, -0.05) is 25.6 Å². The maximum atomic E-state index is 11.5. The van der Waals surface area contributed by atoms with Gasteiger partial charge in [0.15, 0.2) is 0 Å². The second kappa shape index (κ2) is 6.19. The quantitative estimate of drug-likeness (QED) is 0.760. The van der Waals surface area contributed by atoms with Crippen molar-refractivity contribution in [2.24, 2.45) is 11.7 Å². The summed E-state index contributed by atoms with van der Waals surface area (Å²) in [5, 5.41) is 2.85. The smallest absolute Gasteiger partial charge is 0.407 e. The average Bonchev–Trinajstić information content (AvgIpc) is 2.30. The first kappa shape index (κ1) is 14.2. The number of nitrogens with one attached hydrogen (secondary N) is 1. The predicted octanol–water partition coefficient (Wildman–Crippen LogP) is 2.36. The van der Waals surface area contributed by atoms with Crippen LogP contribution < -0.4 is 11.1 Å². The van der Waals surface area contributed by atoms with E-state index < -0.39 is 11.6 Å². The van der Waals surface area contributed by atoms with E-state index in [-0.39, 0.29) is 0 Å². The Morgan fingerprint density at radius 3 is 2.47 bits per heavy atom. The number of thiocarbonyl (C=S) groups is 1. The van der Waals surface area contributed by atoms with Crippen LogP contribution in [0.25, 0.3) is 0 Å².